The van der Waals surface area contributed by atoms with Crippen LogP contribution in [0.5, 0.6) is 0 Å². The molecule has 1 saturated heterocycles. The number of carbonyl (C=O) groups excluding carboxylic acids is 1. The lowest BCUT2D eigenvalue weighted by molar-refractivity contribution is -0.116. The van der Waals surface area contributed by atoms with Gasteiger partial charge in [0.05, 0.1) is 0 Å². The maximum absolute atomic E-state index is 11.9. The molecule has 1 aromatic carbocycles. The molecule has 20 heavy (non-hydrogen) atoms. The SMILES string of the molecule is CC(C)c1ccc(NC(=O)CCC2CCOCC2)cc1. The van der Waals surface area contributed by atoms with Crippen LogP contribution in [0.25, 0.3) is 0 Å². The van der Waals surface area contributed by atoms with Crippen LogP contribution in [0.2, 0.25) is 0 Å². The standard InChI is InChI=1S/C17H25NO2/c1-13(2)15-4-6-16(7-5-15)18-17(19)8-3-14-9-11-20-12-10-14/h4-7,13-14H,3,8-12H2,1-2H3,(H,18,19). The summed E-state index contributed by atoms with van der Waals surface area (Å²) in [4.78, 5) is 11.9. The molecular weight excluding hydrogens is 250 g/mol. The van der Waals surface area contributed by atoms with Gasteiger partial charge in [-0.25, -0.2) is 0 Å². The van der Waals surface area contributed by atoms with Gasteiger partial charge in [-0.3, -0.25) is 4.79 Å². The first kappa shape index (κ1) is 15.0. The Morgan fingerprint density at radius 1 is 1.25 bits per heavy atom. The summed E-state index contributed by atoms with van der Waals surface area (Å²) in [6, 6.07) is 8.14. The zero-order valence-corrected chi connectivity index (χ0v) is 12.5. The van der Waals surface area contributed by atoms with E-state index in [-0.39, 0.29) is 5.91 Å². The highest BCUT2D eigenvalue weighted by Crippen LogP contribution is 2.21. The van der Waals surface area contributed by atoms with Gasteiger partial charge < -0.3 is 10.1 Å². The molecule has 0 aliphatic carbocycles. The number of ether oxygens (including phenoxy) is 1. The summed E-state index contributed by atoms with van der Waals surface area (Å²) in [7, 11) is 0. The van der Waals surface area contributed by atoms with Crippen molar-refractivity contribution in [1.29, 1.82) is 0 Å². The van der Waals surface area contributed by atoms with Crippen molar-refractivity contribution < 1.29 is 9.53 Å². The lowest BCUT2D eigenvalue weighted by Gasteiger charge is -2.21. The molecule has 1 aromatic rings. The fourth-order valence-electron chi connectivity index (χ4n) is 2.55. The number of hydrogen-bond donors (Lipinski definition) is 1. The zero-order valence-electron chi connectivity index (χ0n) is 12.5. The normalized spacial score (nSPS) is 16.4. The quantitative estimate of drug-likeness (QED) is 0.883. The molecular formula is C17H25NO2. The van der Waals surface area contributed by atoms with E-state index in [0.717, 1.165) is 38.2 Å². The largest absolute Gasteiger partial charge is 0.381 e. The Morgan fingerprint density at radius 2 is 1.90 bits per heavy atom. The van der Waals surface area contributed by atoms with Gasteiger partial charge in [-0.2, -0.15) is 0 Å². The molecule has 1 aliphatic heterocycles. The maximum Gasteiger partial charge on any atom is 0.224 e. The van der Waals surface area contributed by atoms with Crippen LogP contribution in [0.15, 0.2) is 24.3 Å². The average molecular weight is 275 g/mol. The Morgan fingerprint density at radius 3 is 2.50 bits per heavy atom. The van der Waals surface area contributed by atoms with Crippen LogP contribution in [0, 0.1) is 5.92 Å². The minimum atomic E-state index is 0.119. The fourth-order valence-corrected chi connectivity index (χ4v) is 2.55. The highest BCUT2D eigenvalue weighted by Gasteiger charge is 2.15. The Bertz CT molecular complexity index is 419. The molecule has 110 valence electrons. The Labute approximate surface area is 121 Å². The summed E-state index contributed by atoms with van der Waals surface area (Å²) >= 11 is 0. The summed E-state index contributed by atoms with van der Waals surface area (Å²) in [5.41, 5.74) is 2.19. The first-order valence-electron chi connectivity index (χ1n) is 7.62. The van der Waals surface area contributed by atoms with E-state index in [4.69, 9.17) is 4.74 Å². The smallest absolute Gasteiger partial charge is 0.224 e. The van der Waals surface area contributed by atoms with E-state index in [1.165, 1.54) is 5.56 Å². The summed E-state index contributed by atoms with van der Waals surface area (Å²) < 4.78 is 5.33. The van der Waals surface area contributed by atoms with Gasteiger partial charge in [0.1, 0.15) is 0 Å². The van der Waals surface area contributed by atoms with E-state index >= 15 is 0 Å². The van der Waals surface area contributed by atoms with Crippen molar-refractivity contribution in [2.75, 3.05) is 18.5 Å². The molecule has 0 radical (unpaired) electrons. The van der Waals surface area contributed by atoms with Crippen LogP contribution < -0.4 is 5.32 Å². The summed E-state index contributed by atoms with van der Waals surface area (Å²) in [6.45, 7) is 6.04. The van der Waals surface area contributed by atoms with Crippen LogP contribution in [-0.4, -0.2) is 19.1 Å². The second-order valence-corrected chi connectivity index (χ2v) is 5.92. The van der Waals surface area contributed by atoms with E-state index in [0.29, 0.717) is 18.3 Å². The van der Waals surface area contributed by atoms with E-state index in [2.05, 4.69) is 31.3 Å². The first-order chi connectivity index (χ1) is 9.65. The van der Waals surface area contributed by atoms with Gasteiger partial charge in [0.2, 0.25) is 5.91 Å². The van der Waals surface area contributed by atoms with Gasteiger partial charge in [-0.05, 0) is 48.8 Å². The lowest BCUT2D eigenvalue weighted by Crippen LogP contribution is -2.18. The first-order valence-corrected chi connectivity index (χ1v) is 7.62. The maximum atomic E-state index is 11.9. The minimum absolute atomic E-state index is 0.119. The van der Waals surface area contributed by atoms with Gasteiger partial charge >= 0.3 is 0 Å². The molecule has 1 amide bonds. The number of hydrogen-bond acceptors (Lipinski definition) is 2. The predicted octanol–water partition coefficient (Wildman–Crippen LogP) is 3.96. The van der Waals surface area contributed by atoms with Crippen LogP contribution in [-0.2, 0) is 9.53 Å². The highest BCUT2D eigenvalue weighted by atomic mass is 16.5. The molecule has 1 N–H and O–H groups in total. The number of nitrogens with one attached hydrogen (secondary N) is 1. The second-order valence-electron chi connectivity index (χ2n) is 5.92. The van der Waals surface area contributed by atoms with Gasteiger partial charge in [0, 0.05) is 25.3 Å². The Kier molecular flexibility index (Phi) is 5.60. The Hall–Kier alpha value is -1.35. The molecule has 0 saturated carbocycles. The van der Waals surface area contributed by atoms with E-state index in [1.807, 2.05) is 12.1 Å². The summed E-state index contributed by atoms with van der Waals surface area (Å²) in [5, 5.41) is 2.98. The van der Waals surface area contributed by atoms with Crippen molar-refractivity contribution in [3.63, 3.8) is 0 Å². The van der Waals surface area contributed by atoms with Gasteiger partial charge in [0.25, 0.3) is 0 Å². The third-order valence-corrected chi connectivity index (χ3v) is 3.98. The average Bonchev–Trinajstić information content (AvgIpc) is 2.47. The van der Waals surface area contributed by atoms with Crippen molar-refractivity contribution in [2.24, 2.45) is 5.92 Å². The van der Waals surface area contributed by atoms with E-state index in [1.54, 1.807) is 0 Å². The van der Waals surface area contributed by atoms with Crippen molar-refractivity contribution in [3.8, 4) is 0 Å². The van der Waals surface area contributed by atoms with Gasteiger partial charge in [0.15, 0.2) is 0 Å². The molecule has 1 fully saturated rings. The van der Waals surface area contributed by atoms with E-state index in [9.17, 15) is 4.79 Å². The molecule has 0 spiro atoms. The second kappa shape index (κ2) is 7.44. The molecule has 2 rings (SSSR count). The molecule has 0 bridgehead atoms. The number of rotatable bonds is 5. The topological polar surface area (TPSA) is 38.3 Å². The zero-order chi connectivity index (χ0) is 14.4. The summed E-state index contributed by atoms with van der Waals surface area (Å²) in [5.74, 6) is 1.29. The van der Waals surface area contributed by atoms with Crippen molar-refractivity contribution >= 4 is 11.6 Å². The van der Waals surface area contributed by atoms with Crippen molar-refractivity contribution in [2.45, 2.75) is 45.4 Å². The van der Waals surface area contributed by atoms with Gasteiger partial charge in [-0.1, -0.05) is 26.0 Å². The highest BCUT2D eigenvalue weighted by molar-refractivity contribution is 5.90. The predicted molar refractivity (Wildman–Crippen MR) is 81.9 cm³/mol. The number of amides is 1. The third kappa shape index (κ3) is 4.64. The Balaban J connectivity index is 1.75. The molecule has 0 unspecified atom stereocenters. The third-order valence-electron chi connectivity index (χ3n) is 3.98. The number of anilines is 1. The van der Waals surface area contributed by atoms with Crippen LogP contribution in [0.1, 0.15) is 51.0 Å². The van der Waals surface area contributed by atoms with Crippen LogP contribution in [0.3, 0.4) is 0 Å². The van der Waals surface area contributed by atoms with Crippen LogP contribution in [0.4, 0.5) is 5.69 Å². The molecule has 3 heteroatoms. The molecule has 1 aliphatic rings. The summed E-state index contributed by atoms with van der Waals surface area (Å²) in [6.07, 6.45) is 3.77. The van der Waals surface area contributed by atoms with Crippen LogP contribution >= 0.6 is 0 Å². The number of carbonyl (C=O) groups is 1. The van der Waals surface area contributed by atoms with E-state index < -0.39 is 0 Å². The fraction of sp³-hybridized carbons (Fsp3) is 0.588. The molecule has 0 aromatic heterocycles. The molecule has 0 atom stereocenters. The van der Waals surface area contributed by atoms with Gasteiger partial charge in [-0.15, -0.1) is 0 Å². The van der Waals surface area contributed by atoms with Crippen molar-refractivity contribution in [3.05, 3.63) is 29.8 Å². The number of benzene rings is 1. The van der Waals surface area contributed by atoms with Crippen molar-refractivity contribution in [1.82, 2.24) is 0 Å². The minimum Gasteiger partial charge on any atom is -0.381 e. The molecule has 3 nitrogen and oxygen atoms in total. The lowest BCUT2D eigenvalue weighted by atomic mass is 9.95. The molecule has 1 heterocycles. The monoisotopic (exact) mass is 275 g/mol.